The lowest BCUT2D eigenvalue weighted by Gasteiger charge is -2.30. The highest BCUT2D eigenvalue weighted by Crippen LogP contribution is 2.28. The van der Waals surface area contributed by atoms with Gasteiger partial charge in [-0.25, -0.2) is 9.97 Å². The monoisotopic (exact) mass is 278 g/mol. The molecular formula is C12H14N4O2S. The largest absolute Gasteiger partial charge is 0.481 e. The van der Waals surface area contributed by atoms with Crippen molar-refractivity contribution < 1.29 is 9.90 Å². The Labute approximate surface area is 114 Å². The van der Waals surface area contributed by atoms with Crippen LogP contribution in [-0.4, -0.2) is 37.1 Å². The Kier molecular flexibility index (Phi) is 3.08. The number of aromatic nitrogens is 3. The molecule has 1 aliphatic heterocycles. The van der Waals surface area contributed by atoms with E-state index in [1.165, 1.54) is 0 Å². The topological polar surface area (TPSA) is 71.2 Å². The summed E-state index contributed by atoms with van der Waals surface area (Å²) < 4.78 is 1.81. The number of carboxylic acid groups (broad SMARTS) is 1. The van der Waals surface area contributed by atoms with Gasteiger partial charge in [0.05, 0.1) is 24.3 Å². The van der Waals surface area contributed by atoms with Crippen LogP contribution in [0.5, 0.6) is 0 Å². The lowest BCUT2D eigenvalue weighted by molar-refractivity contribution is -0.139. The molecule has 100 valence electrons. The highest BCUT2D eigenvalue weighted by molar-refractivity contribution is 7.09. The minimum atomic E-state index is -0.798. The molecule has 0 spiro atoms. The number of carbonyl (C=O) groups is 1. The van der Waals surface area contributed by atoms with Crippen LogP contribution in [0.3, 0.4) is 0 Å². The Morgan fingerprint density at radius 3 is 3.11 bits per heavy atom. The van der Waals surface area contributed by atoms with Gasteiger partial charge in [-0.2, -0.15) is 0 Å². The Morgan fingerprint density at radius 2 is 2.42 bits per heavy atom. The molecule has 1 aliphatic rings. The Balaban J connectivity index is 1.86. The van der Waals surface area contributed by atoms with Gasteiger partial charge in [0.2, 0.25) is 0 Å². The first kappa shape index (κ1) is 12.3. The predicted molar refractivity (Wildman–Crippen MR) is 69.8 cm³/mol. The molecule has 0 amide bonds. The summed E-state index contributed by atoms with van der Waals surface area (Å²) in [4.78, 5) is 22.1. The number of rotatable bonds is 3. The van der Waals surface area contributed by atoms with Crippen LogP contribution in [-0.2, 0) is 24.9 Å². The molecule has 0 bridgehead atoms. The van der Waals surface area contributed by atoms with E-state index >= 15 is 0 Å². The second-order valence-electron chi connectivity index (χ2n) is 4.67. The summed E-state index contributed by atoms with van der Waals surface area (Å²) in [6, 6.07) is 0. The number of fused-ring (bicyclic) bond motifs is 1. The van der Waals surface area contributed by atoms with E-state index < -0.39 is 11.9 Å². The quantitative estimate of drug-likeness (QED) is 0.909. The summed E-state index contributed by atoms with van der Waals surface area (Å²) in [5.74, 6) is -1.31. The fourth-order valence-electron chi connectivity index (χ4n) is 2.52. The molecule has 3 rings (SSSR count). The second kappa shape index (κ2) is 4.75. The van der Waals surface area contributed by atoms with Crippen LogP contribution >= 0.6 is 11.3 Å². The van der Waals surface area contributed by atoms with Crippen LogP contribution in [0.2, 0.25) is 0 Å². The third kappa shape index (κ3) is 2.26. The summed E-state index contributed by atoms with van der Waals surface area (Å²) in [5, 5.41) is 12.3. The van der Waals surface area contributed by atoms with Gasteiger partial charge in [-0.05, 0) is 0 Å². The maximum atomic E-state index is 11.4. The van der Waals surface area contributed by atoms with E-state index in [1.54, 1.807) is 23.9 Å². The Hall–Kier alpha value is -1.73. The Bertz CT molecular complexity index is 593. The molecular weight excluding hydrogens is 264 g/mol. The molecule has 1 N–H and O–H groups in total. The molecule has 2 aromatic heterocycles. The molecule has 0 aliphatic carbocycles. The molecule has 0 unspecified atom stereocenters. The Morgan fingerprint density at radius 1 is 1.58 bits per heavy atom. The van der Waals surface area contributed by atoms with Crippen LogP contribution < -0.4 is 0 Å². The van der Waals surface area contributed by atoms with Gasteiger partial charge < -0.3 is 9.67 Å². The first-order chi connectivity index (χ1) is 9.15. The zero-order valence-electron chi connectivity index (χ0n) is 10.5. The van der Waals surface area contributed by atoms with Gasteiger partial charge in [0, 0.05) is 31.7 Å². The number of aliphatic carboxylic acids is 1. The van der Waals surface area contributed by atoms with Gasteiger partial charge in [-0.3, -0.25) is 9.69 Å². The first-order valence-corrected chi connectivity index (χ1v) is 6.86. The van der Waals surface area contributed by atoms with Crippen molar-refractivity contribution in [1.82, 2.24) is 19.4 Å². The lowest BCUT2D eigenvalue weighted by atomic mass is 9.98. The summed E-state index contributed by atoms with van der Waals surface area (Å²) in [7, 11) is 1.85. The summed E-state index contributed by atoms with van der Waals surface area (Å²) in [5.41, 5.74) is 1.68. The lowest BCUT2D eigenvalue weighted by Crippen LogP contribution is -2.37. The standard InChI is InChI=1S/C12H14N4O2S/c1-15-7-14-9-5-16(6-10-13-2-3-19-10)4-8(11(9)15)12(17)18/h2-3,7-8H,4-6H2,1H3,(H,17,18)/t8-/m1/s1. The van der Waals surface area contributed by atoms with Crippen LogP contribution in [0.25, 0.3) is 0 Å². The van der Waals surface area contributed by atoms with Crippen molar-refractivity contribution in [3.05, 3.63) is 34.3 Å². The normalized spacial score (nSPS) is 19.3. The van der Waals surface area contributed by atoms with Gasteiger partial charge >= 0.3 is 5.97 Å². The maximum Gasteiger partial charge on any atom is 0.313 e. The summed E-state index contributed by atoms with van der Waals surface area (Å²) in [6.07, 6.45) is 3.46. The third-order valence-corrected chi connectivity index (χ3v) is 4.11. The van der Waals surface area contributed by atoms with E-state index in [2.05, 4.69) is 14.9 Å². The number of hydrogen-bond acceptors (Lipinski definition) is 5. The highest BCUT2D eigenvalue weighted by Gasteiger charge is 2.33. The molecule has 0 radical (unpaired) electrons. The molecule has 0 aromatic carbocycles. The highest BCUT2D eigenvalue weighted by atomic mass is 32.1. The zero-order chi connectivity index (χ0) is 13.4. The number of thiazole rings is 1. The van der Waals surface area contributed by atoms with Crippen LogP contribution in [0.4, 0.5) is 0 Å². The average Bonchev–Trinajstić information content (AvgIpc) is 2.99. The summed E-state index contributed by atoms with van der Waals surface area (Å²) >= 11 is 1.59. The molecule has 0 saturated carbocycles. The minimum absolute atomic E-state index is 0.501. The van der Waals surface area contributed by atoms with Crippen molar-refractivity contribution in [2.24, 2.45) is 7.05 Å². The molecule has 7 heteroatoms. The van der Waals surface area contributed by atoms with Crippen molar-refractivity contribution in [1.29, 1.82) is 0 Å². The van der Waals surface area contributed by atoms with Gasteiger partial charge in [-0.1, -0.05) is 0 Å². The molecule has 1 atom stereocenters. The van der Waals surface area contributed by atoms with Gasteiger partial charge in [-0.15, -0.1) is 11.3 Å². The van der Waals surface area contributed by atoms with E-state index in [1.807, 2.05) is 17.0 Å². The number of aryl methyl sites for hydroxylation is 1. The molecule has 0 fully saturated rings. The van der Waals surface area contributed by atoms with Crippen LogP contribution in [0.1, 0.15) is 22.3 Å². The molecule has 2 aromatic rings. The van der Waals surface area contributed by atoms with Crippen molar-refractivity contribution >= 4 is 17.3 Å². The van der Waals surface area contributed by atoms with Crippen molar-refractivity contribution in [2.75, 3.05) is 6.54 Å². The molecule has 19 heavy (non-hydrogen) atoms. The van der Waals surface area contributed by atoms with Gasteiger partial charge in [0.1, 0.15) is 10.9 Å². The number of nitrogens with zero attached hydrogens (tertiary/aromatic N) is 4. The fraction of sp³-hybridized carbons (Fsp3) is 0.417. The van der Waals surface area contributed by atoms with E-state index in [0.29, 0.717) is 19.6 Å². The molecule has 3 heterocycles. The van der Waals surface area contributed by atoms with Gasteiger partial charge in [0.25, 0.3) is 0 Å². The van der Waals surface area contributed by atoms with Gasteiger partial charge in [0.15, 0.2) is 0 Å². The van der Waals surface area contributed by atoms with Crippen LogP contribution in [0, 0.1) is 0 Å². The zero-order valence-corrected chi connectivity index (χ0v) is 11.3. The smallest absolute Gasteiger partial charge is 0.313 e. The van der Waals surface area contributed by atoms with Crippen molar-refractivity contribution in [2.45, 2.75) is 19.0 Å². The molecule has 6 nitrogen and oxygen atoms in total. The van der Waals surface area contributed by atoms with Crippen molar-refractivity contribution in [3.8, 4) is 0 Å². The van der Waals surface area contributed by atoms with E-state index in [4.69, 9.17) is 0 Å². The number of hydrogen-bond donors (Lipinski definition) is 1. The SMILES string of the molecule is Cn1cnc2c1[C@H](C(=O)O)CN(Cc1nccs1)C2. The minimum Gasteiger partial charge on any atom is -0.481 e. The number of imidazole rings is 1. The second-order valence-corrected chi connectivity index (χ2v) is 5.65. The van der Waals surface area contributed by atoms with Crippen LogP contribution in [0.15, 0.2) is 17.9 Å². The predicted octanol–water partition coefficient (Wildman–Crippen LogP) is 1.06. The van der Waals surface area contributed by atoms with Crippen molar-refractivity contribution in [3.63, 3.8) is 0 Å². The number of carboxylic acids is 1. The first-order valence-electron chi connectivity index (χ1n) is 5.98. The van der Waals surface area contributed by atoms with E-state index in [-0.39, 0.29) is 0 Å². The van der Waals surface area contributed by atoms with E-state index in [0.717, 1.165) is 16.4 Å². The summed E-state index contributed by atoms with van der Waals surface area (Å²) in [6.45, 7) is 1.86. The van der Waals surface area contributed by atoms with E-state index in [9.17, 15) is 9.90 Å². The maximum absolute atomic E-state index is 11.4. The average molecular weight is 278 g/mol. The fourth-order valence-corrected chi connectivity index (χ4v) is 3.17. The molecule has 0 saturated heterocycles. The third-order valence-electron chi connectivity index (χ3n) is 3.35.